The second-order valence-corrected chi connectivity index (χ2v) is 4.06. The van der Waals surface area contributed by atoms with Crippen molar-refractivity contribution in [2.75, 3.05) is 0 Å². The second-order valence-electron chi connectivity index (χ2n) is 4.06. The zero-order valence-electron chi connectivity index (χ0n) is 11.8. The second kappa shape index (κ2) is 8.82. The van der Waals surface area contributed by atoms with E-state index in [4.69, 9.17) is 9.47 Å². The number of unbranched alkanes of at least 4 members (excludes halogenated alkanes) is 1. The zero-order valence-corrected chi connectivity index (χ0v) is 11.8. The molecule has 1 atom stereocenters. The molecule has 0 aliphatic carbocycles. The maximum Gasteiger partial charge on any atom is 0.333 e. The molecule has 0 saturated carbocycles. The molecule has 0 aromatic rings. The van der Waals surface area contributed by atoms with Gasteiger partial charge in [0, 0.05) is 18.6 Å². The Morgan fingerprint density at radius 1 is 1.30 bits per heavy atom. The van der Waals surface area contributed by atoms with Crippen LogP contribution in [0.5, 0.6) is 0 Å². The summed E-state index contributed by atoms with van der Waals surface area (Å²) in [5, 5.41) is 0. The van der Waals surface area contributed by atoms with Crippen molar-refractivity contribution in [2.24, 2.45) is 4.99 Å². The van der Waals surface area contributed by atoms with Crippen LogP contribution in [0.4, 0.5) is 0 Å². The van der Waals surface area contributed by atoms with Crippen LogP contribution in [0.1, 0.15) is 33.1 Å². The number of isocyanates is 1. The maximum atomic E-state index is 11.5. The predicted molar refractivity (Wildman–Crippen MR) is 72.4 cm³/mol. The average molecular weight is 281 g/mol. The minimum atomic E-state index is -1.66. The van der Waals surface area contributed by atoms with E-state index >= 15 is 0 Å². The van der Waals surface area contributed by atoms with Crippen LogP contribution < -0.4 is 0 Å². The monoisotopic (exact) mass is 281 g/mol. The Morgan fingerprint density at radius 2 is 1.80 bits per heavy atom. The largest absolute Gasteiger partial charge is 0.417 e. The van der Waals surface area contributed by atoms with Crippen LogP contribution in [0.15, 0.2) is 30.3 Å². The van der Waals surface area contributed by atoms with Gasteiger partial charge >= 0.3 is 11.9 Å². The SMILES string of the molecule is C=CC(=O)OC(CCCC)(OC(=O)C=C)C(C)N=C=O. The first-order valence-electron chi connectivity index (χ1n) is 6.23. The van der Waals surface area contributed by atoms with Gasteiger partial charge < -0.3 is 9.47 Å². The van der Waals surface area contributed by atoms with Crippen molar-refractivity contribution in [2.45, 2.75) is 44.9 Å². The van der Waals surface area contributed by atoms with E-state index in [1.165, 1.54) is 13.0 Å². The first-order valence-corrected chi connectivity index (χ1v) is 6.23. The summed E-state index contributed by atoms with van der Waals surface area (Å²) in [6, 6.07) is -0.889. The molecule has 1 unspecified atom stereocenters. The van der Waals surface area contributed by atoms with Crippen LogP contribution in [0.3, 0.4) is 0 Å². The van der Waals surface area contributed by atoms with Crippen molar-refractivity contribution in [3.05, 3.63) is 25.3 Å². The van der Waals surface area contributed by atoms with Gasteiger partial charge in [0.1, 0.15) is 6.04 Å². The van der Waals surface area contributed by atoms with Gasteiger partial charge in [-0.3, -0.25) is 0 Å². The Balaban J connectivity index is 5.51. The van der Waals surface area contributed by atoms with E-state index in [1.807, 2.05) is 6.92 Å². The number of rotatable bonds is 9. The molecule has 0 aliphatic heterocycles. The summed E-state index contributed by atoms with van der Waals surface area (Å²) in [6.07, 6.45) is 4.84. The average Bonchev–Trinajstić information content (AvgIpc) is 2.44. The first kappa shape index (κ1) is 17.8. The van der Waals surface area contributed by atoms with Crippen molar-refractivity contribution in [1.82, 2.24) is 0 Å². The quantitative estimate of drug-likeness (QED) is 0.212. The zero-order chi connectivity index (χ0) is 15.6. The van der Waals surface area contributed by atoms with Crippen molar-refractivity contribution < 1.29 is 23.9 Å². The number of carbonyl (C=O) groups is 2. The molecule has 0 heterocycles. The number of nitrogens with zero attached hydrogens (tertiary/aromatic N) is 1. The summed E-state index contributed by atoms with van der Waals surface area (Å²) < 4.78 is 10.3. The van der Waals surface area contributed by atoms with E-state index in [2.05, 4.69) is 18.2 Å². The highest BCUT2D eigenvalue weighted by molar-refractivity contribution is 5.83. The molecular formula is C14H19NO5. The van der Waals surface area contributed by atoms with Crippen LogP contribution in [-0.2, 0) is 23.9 Å². The van der Waals surface area contributed by atoms with E-state index in [0.717, 1.165) is 18.6 Å². The third-order valence-corrected chi connectivity index (χ3v) is 2.64. The molecule has 20 heavy (non-hydrogen) atoms. The molecule has 6 nitrogen and oxygen atoms in total. The van der Waals surface area contributed by atoms with Crippen molar-refractivity contribution in [3.8, 4) is 0 Å². The number of ether oxygens (including phenoxy) is 2. The third kappa shape index (κ3) is 5.20. The molecule has 0 rings (SSSR count). The van der Waals surface area contributed by atoms with Gasteiger partial charge in [0.05, 0.1) is 0 Å². The van der Waals surface area contributed by atoms with Crippen molar-refractivity contribution in [3.63, 3.8) is 0 Å². The molecule has 0 bridgehead atoms. The lowest BCUT2D eigenvalue weighted by Crippen LogP contribution is -2.47. The summed E-state index contributed by atoms with van der Waals surface area (Å²) in [7, 11) is 0. The van der Waals surface area contributed by atoms with Crippen molar-refractivity contribution >= 4 is 18.0 Å². The normalized spacial score (nSPS) is 11.7. The van der Waals surface area contributed by atoms with E-state index in [0.29, 0.717) is 6.42 Å². The Labute approximate surface area is 118 Å². The van der Waals surface area contributed by atoms with Crippen LogP contribution in [-0.4, -0.2) is 29.8 Å². The molecule has 110 valence electrons. The van der Waals surface area contributed by atoms with Gasteiger partial charge in [-0.05, 0) is 13.3 Å². The van der Waals surface area contributed by atoms with Gasteiger partial charge in [-0.1, -0.05) is 26.5 Å². The van der Waals surface area contributed by atoms with Gasteiger partial charge in [0.25, 0.3) is 5.79 Å². The predicted octanol–water partition coefficient (Wildman–Crippen LogP) is 2.06. The van der Waals surface area contributed by atoms with Crippen LogP contribution in [0, 0.1) is 0 Å². The summed E-state index contributed by atoms with van der Waals surface area (Å²) in [4.78, 5) is 36.9. The highest BCUT2D eigenvalue weighted by Gasteiger charge is 2.43. The Hall–Kier alpha value is -2.20. The molecule has 0 spiro atoms. The molecule has 0 amide bonds. The maximum absolute atomic E-state index is 11.5. The third-order valence-electron chi connectivity index (χ3n) is 2.64. The molecular weight excluding hydrogens is 262 g/mol. The summed E-state index contributed by atoms with van der Waals surface area (Å²) in [6.45, 7) is 9.99. The van der Waals surface area contributed by atoms with E-state index in [-0.39, 0.29) is 6.42 Å². The van der Waals surface area contributed by atoms with Crippen molar-refractivity contribution in [1.29, 1.82) is 0 Å². The molecule has 0 N–H and O–H groups in total. The summed E-state index contributed by atoms with van der Waals surface area (Å²) in [5.41, 5.74) is 0. The van der Waals surface area contributed by atoms with E-state index in [9.17, 15) is 14.4 Å². The van der Waals surface area contributed by atoms with E-state index in [1.54, 1.807) is 0 Å². The summed E-state index contributed by atoms with van der Waals surface area (Å²) >= 11 is 0. The Morgan fingerprint density at radius 3 is 2.15 bits per heavy atom. The number of hydrogen-bond acceptors (Lipinski definition) is 6. The fourth-order valence-corrected chi connectivity index (χ4v) is 1.53. The van der Waals surface area contributed by atoms with Crippen LogP contribution >= 0.6 is 0 Å². The number of hydrogen-bond donors (Lipinski definition) is 0. The van der Waals surface area contributed by atoms with Gasteiger partial charge in [-0.2, -0.15) is 4.99 Å². The first-order chi connectivity index (χ1) is 9.45. The topological polar surface area (TPSA) is 82.0 Å². The lowest BCUT2D eigenvalue weighted by atomic mass is 10.0. The highest BCUT2D eigenvalue weighted by Crippen LogP contribution is 2.28. The van der Waals surface area contributed by atoms with E-state index < -0.39 is 23.8 Å². The van der Waals surface area contributed by atoms with Gasteiger partial charge in [-0.15, -0.1) is 0 Å². The minimum absolute atomic E-state index is 0.203. The molecule has 0 fully saturated rings. The number of esters is 2. The number of aliphatic imine (C=N–C) groups is 1. The van der Waals surface area contributed by atoms with Gasteiger partial charge in [0.15, 0.2) is 0 Å². The molecule has 0 saturated heterocycles. The van der Waals surface area contributed by atoms with Gasteiger partial charge in [0.2, 0.25) is 6.08 Å². The standard InChI is InChI=1S/C14H19NO5/c1-5-8-9-14(11(4)15-10-16,19-12(17)6-2)20-13(18)7-3/h6-7,11H,2-3,5,8-9H2,1,4H3. The lowest BCUT2D eigenvalue weighted by Gasteiger charge is -2.34. The molecule has 0 aliphatic rings. The fraction of sp³-hybridized carbons (Fsp3) is 0.500. The molecule has 6 heteroatoms. The Kier molecular flexibility index (Phi) is 7.85. The number of carbonyl (C=O) groups excluding carboxylic acids is 3. The smallest absolute Gasteiger partial charge is 0.333 e. The minimum Gasteiger partial charge on any atom is -0.417 e. The Bertz CT molecular complexity index is 401. The molecule has 0 aromatic carbocycles. The van der Waals surface area contributed by atoms with Gasteiger partial charge in [-0.25, -0.2) is 14.4 Å². The molecule has 0 radical (unpaired) electrons. The van der Waals surface area contributed by atoms with Crippen LogP contribution in [0.2, 0.25) is 0 Å². The summed E-state index contributed by atoms with van der Waals surface area (Å²) in [5.74, 6) is -3.21. The van der Waals surface area contributed by atoms with Crippen LogP contribution in [0.25, 0.3) is 0 Å². The molecule has 0 aromatic heterocycles. The highest BCUT2D eigenvalue weighted by atomic mass is 16.7. The fourth-order valence-electron chi connectivity index (χ4n) is 1.53. The lowest BCUT2D eigenvalue weighted by molar-refractivity contribution is -0.231.